The van der Waals surface area contributed by atoms with Crippen LogP contribution in [-0.4, -0.2) is 14.2 Å². The predicted octanol–water partition coefficient (Wildman–Crippen LogP) is 1.69. The Hall–Kier alpha value is -1.07. The normalized spacial score (nSPS) is 11.4. The van der Waals surface area contributed by atoms with Gasteiger partial charge < -0.3 is 5.73 Å². The van der Waals surface area contributed by atoms with Gasteiger partial charge in [0.15, 0.2) is 0 Å². The molecule has 0 aromatic heterocycles. The second kappa shape index (κ2) is 5.86. The van der Waals surface area contributed by atoms with Gasteiger partial charge in [-0.1, -0.05) is 31.5 Å². The number of para-hydroxylation sites is 1. The van der Waals surface area contributed by atoms with Crippen molar-refractivity contribution in [3.63, 3.8) is 0 Å². The first-order valence-corrected chi connectivity index (χ1v) is 7.02. The highest BCUT2D eigenvalue weighted by Gasteiger charge is 2.11. The van der Waals surface area contributed by atoms with Crippen molar-refractivity contribution in [3.05, 3.63) is 29.8 Å². The molecule has 4 nitrogen and oxygen atoms in total. The SMILES string of the molecule is CCCCS(=O)(=O)Nc1ccccc1CN. The summed E-state index contributed by atoms with van der Waals surface area (Å²) in [5.74, 6) is 0.155. The first-order valence-electron chi connectivity index (χ1n) is 5.37. The van der Waals surface area contributed by atoms with Crippen molar-refractivity contribution in [2.45, 2.75) is 26.3 Å². The van der Waals surface area contributed by atoms with Crippen molar-refractivity contribution >= 4 is 15.7 Å². The molecule has 0 radical (unpaired) electrons. The Morgan fingerprint density at radius 2 is 2.00 bits per heavy atom. The summed E-state index contributed by atoms with van der Waals surface area (Å²) in [4.78, 5) is 0. The summed E-state index contributed by atoms with van der Waals surface area (Å²) >= 11 is 0. The number of hydrogen-bond donors (Lipinski definition) is 2. The zero-order chi connectivity index (χ0) is 12.0. The fourth-order valence-corrected chi connectivity index (χ4v) is 2.66. The van der Waals surface area contributed by atoms with E-state index in [1.54, 1.807) is 12.1 Å². The van der Waals surface area contributed by atoms with E-state index in [0.29, 0.717) is 18.7 Å². The maximum Gasteiger partial charge on any atom is 0.232 e. The van der Waals surface area contributed by atoms with E-state index in [9.17, 15) is 8.42 Å². The lowest BCUT2D eigenvalue weighted by atomic mass is 10.2. The van der Waals surface area contributed by atoms with E-state index in [4.69, 9.17) is 5.73 Å². The molecule has 0 aliphatic heterocycles. The van der Waals surface area contributed by atoms with Crippen LogP contribution in [0.5, 0.6) is 0 Å². The third kappa shape index (κ3) is 3.83. The molecule has 90 valence electrons. The van der Waals surface area contributed by atoms with Gasteiger partial charge in [-0.2, -0.15) is 0 Å². The largest absolute Gasteiger partial charge is 0.326 e. The van der Waals surface area contributed by atoms with Crippen LogP contribution in [-0.2, 0) is 16.6 Å². The Morgan fingerprint density at radius 3 is 2.62 bits per heavy atom. The standard InChI is InChI=1S/C11H18N2O2S/c1-2-3-8-16(14,15)13-11-7-5-4-6-10(11)9-12/h4-7,13H,2-3,8-9,12H2,1H3. The Kier molecular flexibility index (Phi) is 4.76. The zero-order valence-corrected chi connectivity index (χ0v) is 10.3. The smallest absolute Gasteiger partial charge is 0.232 e. The van der Waals surface area contributed by atoms with Gasteiger partial charge in [-0.05, 0) is 18.1 Å². The molecule has 0 fully saturated rings. The molecular weight excluding hydrogens is 224 g/mol. The monoisotopic (exact) mass is 242 g/mol. The van der Waals surface area contributed by atoms with E-state index in [0.717, 1.165) is 12.0 Å². The van der Waals surface area contributed by atoms with Gasteiger partial charge in [0.05, 0.1) is 11.4 Å². The lowest BCUT2D eigenvalue weighted by Crippen LogP contribution is -2.18. The van der Waals surface area contributed by atoms with Crippen molar-refractivity contribution in [2.24, 2.45) is 5.73 Å². The molecule has 0 heterocycles. The number of sulfonamides is 1. The fourth-order valence-electron chi connectivity index (χ4n) is 1.35. The molecule has 0 aliphatic carbocycles. The van der Waals surface area contributed by atoms with Gasteiger partial charge in [-0.15, -0.1) is 0 Å². The van der Waals surface area contributed by atoms with Gasteiger partial charge in [0.2, 0.25) is 10.0 Å². The Balaban J connectivity index is 2.79. The molecule has 1 aromatic rings. The van der Waals surface area contributed by atoms with Crippen molar-refractivity contribution in [1.29, 1.82) is 0 Å². The summed E-state index contributed by atoms with van der Waals surface area (Å²) in [6.45, 7) is 2.29. The second-order valence-electron chi connectivity index (χ2n) is 3.64. The predicted molar refractivity (Wildman–Crippen MR) is 66.7 cm³/mol. The van der Waals surface area contributed by atoms with E-state index in [1.807, 2.05) is 19.1 Å². The lowest BCUT2D eigenvalue weighted by molar-refractivity contribution is 0.598. The molecule has 0 aliphatic rings. The first kappa shape index (κ1) is 13.0. The minimum absolute atomic E-state index is 0.155. The highest BCUT2D eigenvalue weighted by Crippen LogP contribution is 2.16. The third-order valence-corrected chi connectivity index (χ3v) is 3.63. The van der Waals surface area contributed by atoms with E-state index in [1.165, 1.54) is 0 Å². The summed E-state index contributed by atoms with van der Waals surface area (Å²) in [6.07, 6.45) is 1.53. The van der Waals surface area contributed by atoms with Crippen molar-refractivity contribution in [2.75, 3.05) is 10.5 Å². The molecule has 0 bridgehead atoms. The second-order valence-corrected chi connectivity index (χ2v) is 5.48. The van der Waals surface area contributed by atoms with Crippen LogP contribution in [0.25, 0.3) is 0 Å². The molecular formula is C11H18N2O2S. The van der Waals surface area contributed by atoms with Crippen molar-refractivity contribution in [1.82, 2.24) is 0 Å². The summed E-state index contributed by atoms with van der Waals surface area (Å²) in [6, 6.07) is 7.17. The molecule has 5 heteroatoms. The van der Waals surface area contributed by atoms with Crippen LogP contribution in [0.4, 0.5) is 5.69 Å². The van der Waals surface area contributed by atoms with Crippen LogP contribution in [0.15, 0.2) is 24.3 Å². The highest BCUT2D eigenvalue weighted by molar-refractivity contribution is 7.92. The Labute approximate surface area is 96.9 Å². The first-order chi connectivity index (χ1) is 7.59. The Bertz CT molecular complexity index is 429. The average Bonchev–Trinajstić information content (AvgIpc) is 2.27. The number of rotatable bonds is 6. The number of hydrogen-bond acceptors (Lipinski definition) is 3. The lowest BCUT2D eigenvalue weighted by Gasteiger charge is -2.10. The van der Waals surface area contributed by atoms with E-state index in [2.05, 4.69) is 4.72 Å². The van der Waals surface area contributed by atoms with Crippen molar-refractivity contribution in [3.8, 4) is 0 Å². The summed E-state index contributed by atoms with van der Waals surface area (Å²) < 4.78 is 25.9. The molecule has 0 unspecified atom stereocenters. The number of nitrogens with two attached hydrogens (primary N) is 1. The molecule has 1 rings (SSSR count). The Morgan fingerprint density at radius 1 is 1.31 bits per heavy atom. The number of benzene rings is 1. The van der Waals surface area contributed by atoms with Crippen LogP contribution in [0, 0.1) is 0 Å². The molecule has 0 spiro atoms. The third-order valence-electron chi connectivity index (χ3n) is 2.27. The number of anilines is 1. The van der Waals surface area contributed by atoms with E-state index >= 15 is 0 Å². The molecule has 1 aromatic carbocycles. The molecule has 0 saturated carbocycles. The highest BCUT2D eigenvalue weighted by atomic mass is 32.2. The quantitative estimate of drug-likeness (QED) is 0.797. The van der Waals surface area contributed by atoms with Gasteiger partial charge >= 0.3 is 0 Å². The van der Waals surface area contributed by atoms with E-state index in [-0.39, 0.29) is 5.75 Å². The number of nitrogens with one attached hydrogen (secondary N) is 1. The molecule has 3 N–H and O–H groups in total. The molecule has 0 atom stereocenters. The van der Waals surface area contributed by atoms with Crippen LogP contribution in [0.2, 0.25) is 0 Å². The summed E-state index contributed by atoms with van der Waals surface area (Å²) in [7, 11) is -3.23. The van der Waals surface area contributed by atoms with Crippen LogP contribution >= 0.6 is 0 Å². The van der Waals surface area contributed by atoms with Crippen LogP contribution < -0.4 is 10.5 Å². The topological polar surface area (TPSA) is 72.2 Å². The summed E-state index contributed by atoms with van der Waals surface area (Å²) in [5, 5.41) is 0. The number of unbranched alkanes of at least 4 members (excludes halogenated alkanes) is 1. The van der Waals surface area contributed by atoms with Crippen LogP contribution in [0.3, 0.4) is 0 Å². The van der Waals surface area contributed by atoms with Gasteiger partial charge in [0.25, 0.3) is 0 Å². The van der Waals surface area contributed by atoms with Gasteiger partial charge in [-0.25, -0.2) is 8.42 Å². The maximum atomic E-state index is 11.7. The van der Waals surface area contributed by atoms with E-state index < -0.39 is 10.0 Å². The molecule has 0 amide bonds. The maximum absolute atomic E-state index is 11.7. The zero-order valence-electron chi connectivity index (χ0n) is 9.44. The fraction of sp³-hybridized carbons (Fsp3) is 0.455. The van der Waals surface area contributed by atoms with Gasteiger partial charge in [-0.3, -0.25) is 4.72 Å². The van der Waals surface area contributed by atoms with Gasteiger partial charge in [0, 0.05) is 6.54 Å². The van der Waals surface area contributed by atoms with Crippen LogP contribution in [0.1, 0.15) is 25.3 Å². The average molecular weight is 242 g/mol. The van der Waals surface area contributed by atoms with Gasteiger partial charge in [0.1, 0.15) is 0 Å². The minimum atomic E-state index is -3.23. The molecule has 16 heavy (non-hydrogen) atoms. The molecule has 0 saturated heterocycles. The summed E-state index contributed by atoms with van der Waals surface area (Å²) in [5.41, 5.74) is 6.93. The van der Waals surface area contributed by atoms with Crippen molar-refractivity contribution < 1.29 is 8.42 Å². The minimum Gasteiger partial charge on any atom is -0.326 e.